The molecule has 2 rings (SSSR count). The predicted molar refractivity (Wildman–Crippen MR) is 73.5 cm³/mol. The van der Waals surface area contributed by atoms with Crippen molar-refractivity contribution in [2.24, 2.45) is 0 Å². The highest BCUT2D eigenvalue weighted by Gasteiger charge is 2.08. The van der Waals surface area contributed by atoms with Crippen LogP contribution in [0.3, 0.4) is 0 Å². The van der Waals surface area contributed by atoms with Gasteiger partial charge < -0.3 is 14.8 Å². The summed E-state index contributed by atoms with van der Waals surface area (Å²) in [5.74, 6) is -0.0676. The molecular formula is C14H16FN3O3. The second-order valence-corrected chi connectivity index (χ2v) is 4.22. The molecule has 0 saturated carbocycles. The van der Waals surface area contributed by atoms with Crippen molar-refractivity contribution in [1.29, 1.82) is 0 Å². The van der Waals surface area contributed by atoms with Gasteiger partial charge in [-0.15, -0.1) is 0 Å². The van der Waals surface area contributed by atoms with Crippen LogP contribution in [0.4, 0.5) is 4.39 Å². The number of methoxy groups -OCH3 is 1. The highest BCUT2D eigenvalue weighted by molar-refractivity contribution is 5.92. The van der Waals surface area contributed by atoms with E-state index in [0.29, 0.717) is 24.6 Å². The lowest BCUT2D eigenvalue weighted by molar-refractivity contribution is 0.0930. The van der Waals surface area contributed by atoms with Gasteiger partial charge in [0, 0.05) is 19.9 Å². The summed E-state index contributed by atoms with van der Waals surface area (Å²) >= 11 is 0. The highest BCUT2D eigenvalue weighted by Crippen LogP contribution is 2.11. The number of carbonyl (C=O) groups is 1. The molecule has 21 heavy (non-hydrogen) atoms. The Kier molecular flexibility index (Phi) is 5.28. The summed E-state index contributed by atoms with van der Waals surface area (Å²) in [6, 6.07) is 7.27. The standard InChI is InChI=1S/C14H16FN3O3/c1-20-9-7-16-14(19)13-6-8-18(17-13)10-21-12-4-2-11(15)3-5-12/h2-6,8H,7,9-10H2,1H3,(H,16,19). The second kappa shape index (κ2) is 7.39. The Balaban J connectivity index is 1.85. The summed E-state index contributed by atoms with van der Waals surface area (Å²) in [6.07, 6.45) is 1.63. The van der Waals surface area contributed by atoms with E-state index in [2.05, 4.69) is 10.4 Å². The molecule has 1 aromatic heterocycles. The van der Waals surface area contributed by atoms with E-state index in [0.717, 1.165) is 0 Å². The fourth-order valence-corrected chi connectivity index (χ4v) is 1.58. The number of carbonyl (C=O) groups excluding carboxylic acids is 1. The van der Waals surface area contributed by atoms with Crippen LogP contribution in [-0.2, 0) is 11.5 Å². The van der Waals surface area contributed by atoms with Crippen molar-refractivity contribution in [3.63, 3.8) is 0 Å². The van der Waals surface area contributed by atoms with Gasteiger partial charge in [-0.3, -0.25) is 4.79 Å². The van der Waals surface area contributed by atoms with E-state index in [1.54, 1.807) is 19.4 Å². The van der Waals surface area contributed by atoms with Crippen molar-refractivity contribution >= 4 is 5.91 Å². The first-order valence-corrected chi connectivity index (χ1v) is 6.38. The minimum atomic E-state index is -0.323. The summed E-state index contributed by atoms with van der Waals surface area (Å²) < 4.78 is 24.5. The Morgan fingerprint density at radius 1 is 1.33 bits per heavy atom. The molecule has 1 heterocycles. The molecule has 0 bridgehead atoms. The van der Waals surface area contributed by atoms with Gasteiger partial charge in [-0.2, -0.15) is 5.10 Å². The summed E-state index contributed by atoms with van der Waals surface area (Å²) in [6.45, 7) is 1.01. The maximum Gasteiger partial charge on any atom is 0.271 e. The molecule has 0 fully saturated rings. The molecule has 0 aliphatic heterocycles. The number of benzene rings is 1. The second-order valence-electron chi connectivity index (χ2n) is 4.22. The average molecular weight is 293 g/mol. The molecule has 0 atom stereocenters. The number of hydrogen-bond donors (Lipinski definition) is 1. The molecule has 2 aromatic rings. The van der Waals surface area contributed by atoms with Gasteiger partial charge in [0.2, 0.25) is 0 Å². The van der Waals surface area contributed by atoms with Crippen LogP contribution in [0.1, 0.15) is 10.5 Å². The van der Waals surface area contributed by atoms with Crippen LogP contribution in [0, 0.1) is 5.82 Å². The first-order valence-electron chi connectivity index (χ1n) is 6.38. The molecule has 0 saturated heterocycles. The van der Waals surface area contributed by atoms with Gasteiger partial charge in [-0.25, -0.2) is 9.07 Å². The molecule has 0 aliphatic rings. The summed E-state index contributed by atoms with van der Waals surface area (Å²) in [5, 5.41) is 6.76. The van der Waals surface area contributed by atoms with E-state index in [4.69, 9.17) is 9.47 Å². The van der Waals surface area contributed by atoms with Crippen LogP contribution in [0.5, 0.6) is 5.75 Å². The molecular weight excluding hydrogens is 277 g/mol. The van der Waals surface area contributed by atoms with Crippen molar-refractivity contribution in [3.05, 3.63) is 48.0 Å². The van der Waals surface area contributed by atoms with Crippen LogP contribution in [0.25, 0.3) is 0 Å². The number of nitrogens with zero attached hydrogens (tertiary/aromatic N) is 2. The molecule has 6 nitrogen and oxygen atoms in total. The van der Waals surface area contributed by atoms with Crippen LogP contribution < -0.4 is 10.1 Å². The van der Waals surface area contributed by atoms with Crippen molar-refractivity contribution in [3.8, 4) is 5.75 Å². The molecule has 0 radical (unpaired) electrons. The van der Waals surface area contributed by atoms with E-state index in [9.17, 15) is 9.18 Å². The first-order chi connectivity index (χ1) is 10.2. The van der Waals surface area contributed by atoms with Crippen molar-refractivity contribution in [1.82, 2.24) is 15.1 Å². The third-order valence-corrected chi connectivity index (χ3v) is 2.64. The summed E-state index contributed by atoms with van der Waals surface area (Å²) in [5.41, 5.74) is 0.300. The molecule has 0 aliphatic carbocycles. The van der Waals surface area contributed by atoms with Crippen LogP contribution in [0.2, 0.25) is 0 Å². The number of ether oxygens (including phenoxy) is 2. The molecule has 112 valence electrons. The van der Waals surface area contributed by atoms with Gasteiger partial charge in [-0.05, 0) is 30.3 Å². The number of halogens is 1. The lowest BCUT2D eigenvalue weighted by Gasteiger charge is -2.06. The minimum absolute atomic E-state index is 0.136. The van der Waals surface area contributed by atoms with Crippen LogP contribution >= 0.6 is 0 Å². The topological polar surface area (TPSA) is 65.4 Å². The predicted octanol–water partition coefficient (Wildman–Crippen LogP) is 1.43. The fraction of sp³-hybridized carbons (Fsp3) is 0.286. The number of hydrogen-bond acceptors (Lipinski definition) is 4. The van der Waals surface area contributed by atoms with Crippen molar-refractivity contribution in [2.75, 3.05) is 20.3 Å². The molecule has 0 unspecified atom stereocenters. The SMILES string of the molecule is COCCNC(=O)c1ccn(COc2ccc(F)cc2)n1. The van der Waals surface area contributed by atoms with Crippen molar-refractivity contribution < 1.29 is 18.7 Å². The number of amides is 1. The molecule has 1 aromatic carbocycles. The molecule has 1 N–H and O–H groups in total. The van der Waals surface area contributed by atoms with E-state index >= 15 is 0 Å². The Morgan fingerprint density at radius 2 is 2.10 bits per heavy atom. The lowest BCUT2D eigenvalue weighted by atomic mass is 10.3. The average Bonchev–Trinajstić information content (AvgIpc) is 2.96. The maximum atomic E-state index is 12.7. The van der Waals surface area contributed by atoms with E-state index in [1.165, 1.54) is 28.9 Å². The molecule has 0 spiro atoms. The number of nitrogens with one attached hydrogen (secondary N) is 1. The quantitative estimate of drug-likeness (QED) is 0.784. The lowest BCUT2D eigenvalue weighted by Crippen LogP contribution is -2.27. The Labute approximate surface area is 121 Å². The van der Waals surface area contributed by atoms with Crippen molar-refractivity contribution in [2.45, 2.75) is 6.73 Å². The highest BCUT2D eigenvalue weighted by atomic mass is 19.1. The Bertz CT molecular complexity index is 583. The van der Waals surface area contributed by atoms with E-state index < -0.39 is 0 Å². The van der Waals surface area contributed by atoms with E-state index in [1.807, 2.05) is 0 Å². The first kappa shape index (κ1) is 15.0. The Hall–Kier alpha value is -2.41. The van der Waals surface area contributed by atoms with Gasteiger partial charge in [-0.1, -0.05) is 0 Å². The molecule has 7 heteroatoms. The summed E-state index contributed by atoms with van der Waals surface area (Å²) in [4.78, 5) is 11.7. The maximum absolute atomic E-state index is 12.7. The molecule has 1 amide bonds. The zero-order valence-corrected chi connectivity index (χ0v) is 11.6. The van der Waals surface area contributed by atoms with Gasteiger partial charge in [0.05, 0.1) is 6.61 Å². The summed E-state index contributed by atoms with van der Waals surface area (Å²) in [7, 11) is 1.56. The largest absolute Gasteiger partial charge is 0.471 e. The fourth-order valence-electron chi connectivity index (χ4n) is 1.58. The van der Waals surface area contributed by atoms with Crippen LogP contribution in [-0.4, -0.2) is 35.9 Å². The zero-order valence-electron chi connectivity index (χ0n) is 11.6. The smallest absolute Gasteiger partial charge is 0.271 e. The van der Waals surface area contributed by atoms with Gasteiger partial charge in [0.15, 0.2) is 6.73 Å². The normalized spacial score (nSPS) is 10.4. The van der Waals surface area contributed by atoms with Crippen LogP contribution in [0.15, 0.2) is 36.5 Å². The third-order valence-electron chi connectivity index (χ3n) is 2.64. The number of aromatic nitrogens is 2. The Morgan fingerprint density at radius 3 is 2.81 bits per heavy atom. The number of rotatable bonds is 7. The minimum Gasteiger partial charge on any atom is -0.471 e. The van der Waals surface area contributed by atoms with Gasteiger partial charge in [0.1, 0.15) is 17.3 Å². The van der Waals surface area contributed by atoms with Gasteiger partial charge >= 0.3 is 0 Å². The van der Waals surface area contributed by atoms with E-state index in [-0.39, 0.29) is 18.5 Å². The monoisotopic (exact) mass is 293 g/mol. The third kappa shape index (κ3) is 4.57. The van der Waals surface area contributed by atoms with Gasteiger partial charge in [0.25, 0.3) is 5.91 Å². The zero-order chi connectivity index (χ0) is 15.1.